The lowest BCUT2D eigenvalue weighted by atomic mass is 10.0. The highest BCUT2D eigenvalue weighted by atomic mass is 16.3. The third-order valence-corrected chi connectivity index (χ3v) is 10.8. The first-order valence-corrected chi connectivity index (χ1v) is 18.9. The zero-order chi connectivity index (χ0) is 37.0. The molecule has 0 saturated heterocycles. The number of anilines is 6. The van der Waals surface area contributed by atoms with E-state index in [1.165, 1.54) is 5.56 Å². The SMILES string of the molecule is c1ccc(-c2cccc(N(c3ccccc3)c3cc(N(c4ccccc4)c4cccc5oc6ccccc6c45)c4oc5c6ccccc6ccc5c4c3)c2)cc1. The summed E-state index contributed by atoms with van der Waals surface area (Å²) in [6, 6.07) is 72.6. The van der Waals surface area contributed by atoms with Crippen molar-refractivity contribution in [3.63, 3.8) is 0 Å². The van der Waals surface area contributed by atoms with Crippen molar-refractivity contribution in [2.45, 2.75) is 0 Å². The second-order valence-electron chi connectivity index (χ2n) is 14.1. The van der Waals surface area contributed by atoms with Crippen LogP contribution in [-0.2, 0) is 0 Å². The van der Waals surface area contributed by atoms with Crippen LogP contribution < -0.4 is 9.80 Å². The zero-order valence-corrected chi connectivity index (χ0v) is 30.3. The van der Waals surface area contributed by atoms with Gasteiger partial charge < -0.3 is 18.6 Å². The highest BCUT2D eigenvalue weighted by molar-refractivity contribution is 6.20. The molecule has 56 heavy (non-hydrogen) atoms. The van der Waals surface area contributed by atoms with Crippen LogP contribution in [0.25, 0.3) is 65.8 Å². The maximum atomic E-state index is 7.14. The van der Waals surface area contributed by atoms with Crippen LogP contribution in [0.2, 0.25) is 0 Å². The Kier molecular flexibility index (Phi) is 7.46. The largest absolute Gasteiger partial charge is 0.456 e. The first kappa shape index (κ1) is 31.9. The summed E-state index contributed by atoms with van der Waals surface area (Å²) < 4.78 is 13.6. The summed E-state index contributed by atoms with van der Waals surface area (Å²) in [6.45, 7) is 0. The van der Waals surface area contributed by atoms with E-state index >= 15 is 0 Å². The van der Waals surface area contributed by atoms with Crippen molar-refractivity contribution in [3.05, 3.63) is 206 Å². The maximum absolute atomic E-state index is 7.14. The summed E-state index contributed by atoms with van der Waals surface area (Å²) in [5.74, 6) is 0. The molecule has 0 radical (unpaired) electrons. The molecule has 2 heterocycles. The van der Waals surface area contributed by atoms with E-state index in [2.05, 4.69) is 204 Å². The van der Waals surface area contributed by atoms with Crippen LogP contribution in [0, 0.1) is 0 Å². The van der Waals surface area contributed by atoms with Gasteiger partial charge in [0.15, 0.2) is 5.58 Å². The van der Waals surface area contributed by atoms with Crippen LogP contribution >= 0.6 is 0 Å². The second kappa shape index (κ2) is 13.1. The minimum Gasteiger partial charge on any atom is -0.456 e. The van der Waals surface area contributed by atoms with Crippen LogP contribution in [0.4, 0.5) is 34.1 Å². The zero-order valence-electron chi connectivity index (χ0n) is 30.3. The first-order chi connectivity index (χ1) is 27.8. The molecule has 264 valence electrons. The quantitative estimate of drug-likeness (QED) is 0.164. The molecule has 0 N–H and O–H groups in total. The van der Waals surface area contributed by atoms with Crippen molar-refractivity contribution >= 4 is 88.8 Å². The fourth-order valence-corrected chi connectivity index (χ4v) is 8.28. The average Bonchev–Trinajstić information content (AvgIpc) is 3.85. The maximum Gasteiger partial charge on any atom is 0.159 e. The van der Waals surface area contributed by atoms with Gasteiger partial charge in [-0.3, -0.25) is 0 Å². The molecule has 0 aliphatic heterocycles. The molecule has 0 aliphatic carbocycles. The molecule has 0 unspecified atom stereocenters. The molecule has 0 amide bonds. The molecule has 0 spiro atoms. The number of fused-ring (bicyclic) bond motifs is 8. The summed E-state index contributed by atoms with van der Waals surface area (Å²) in [6.07, 6.45) is 0. The van der Waals surface area contributed by atoms with E-state index in [1.807, 2.05) is 12.1 Å². The van der Waals surface area contributed by atoms with Gasteiger partial charge in [-0.25, -0.2) is 0 Å². The van der Waals surface area contributed by atoms with Crippen LogP contribution in [0.15, 0.2) is 215 Å². The fourth-order valence-electron chi connectivity index (χ4n) is 8.28. The Balaban J connectivity index is 1.26. The standard InChI is InChI=1S/C52H34N2O2/c1-4-16-35(17-5-1)37-19-14-24-40(32-37)53(38-20-6-2-7-21-38)41-33-45-43-31-30-36-18-10-11-25-42(36)51(43)56-52(45)47(34-41)54(39-22-8-3-9-23-39)46-27-15-29-49-50(46)44-26-12-13-28-48(44)55-49/h1-34H. The van der Waals surface area contributed by atoms with Crippen LogP contribution in [0.1, 0.15) is 0 Å². The van der Waals surface area contributed by atoms with E-state index in [4.69, 9.17) is 8.83 Å². The summed E-state index contributed by atoms with van der Waals surface area (Å²) in [5, 5.41) is 6.42. The number of para-hydroxylation sites is 3. The summed E-state index contributed by atoms with van der Waals surface area (Å²) in [7, 11) is 0. The van der Waals surface area contributed by atoms with Gasteiger partial charge in [-0.15, -0.1) is 0 Å². The minimum atomic E-state index is 0.805. The minimum absolute atomic E-state index is 0.805. The van der Waals surface area contributed by atoms with E-state index in [0.29, 0.717) is 0 Å². The predicted molar refractivity (Wildman–Crippen MR) is 233 cm³/mol. The van der Waals surface area contributed by atoms with E-state index in [9.17, 15) is 0 Å². The Bertz CT molecular complexity index is 3200. The number of furan rings is 2. The third kappa shape index (κ3) is 5.23. The summed E-state index contributed by atoms with van der Waals surface area (Å²) in [5.41, 5.74) is 11.7. The number of hydrogen-bond acceptors (Lipinski definition) is 4. The van der Waals surface area contributed by atoms with Gasteiger partial charge in [0, 0.05) is 44.3 Å². The number of rotatable bonds is 7. The van der Waals surface area contributed by atoms with E-state index in [-0.39, 0.29) is 0 Å². The monoisotopic (exact) mass is 718 g/mol. The number of benzene rings is 9. The first-order valence-electron chi connectivity index (χ1n) is 18.9. The Morgan fingerprint density at radius 1 is 0.304 bits per heavy atom. The Morgan fingerprint density at radius 2 is 0.929 bits per heavy atom. The lowest BCUT2D eigenvalue weighted by molar-refractivity contribution is 0.668. The molecular formula is C52H34N2O2. The lowest BCUT2D eigenvalue weighted by Gasteiger charge is -2.30. The number of nitrogens with zero attached hydrogens (tertiary/aromatic N) is 2. The van der Waals surface area contributed by atoms with Crippen LogP contribution in [-0.4, -0.2) is 0 Å². The molecule has 0 fully saturated rings. The van der Waals surface area contributed by atoms with Crippen molar-refractivity contribution in [2.75, 3.05) is 9.80 Å². The van der Waals surface area contributed by atoms with Crippen molar-refractivity contribution in [2.24, 2.45) is 0 Å². The molecule has 0 bridgehead atoms. The normalized spacial score (nSPS) is 11.6. The average molecular weight is 719 g/mol. The Hall–Kier alpha value is -7.56. The van der Waals surface area contributed by atoms with Gasteiger partial charge in [0.1, 0.15) is 16.7 Å². The van der Waals surface area contributed by atoms with Gasteiger partial charge in [-0.2, -0.15) is 0 Å². The molecule has 11 rings (SSSR count). The summed E-state index contributed by atoms with van der Waals surface area (Å²) in [4.78, 5) is 4.69. The van der Waals surface area contributed by atoms with E-state index in [0.717, 1.165) is 94.3 Å². The van der Waals surface area contributed by atoms with Gasteiger partial charge in [0.05, 0.1) is 16.8 Å². The highest BCUT2D eigenvalue weighted by Crippen LogP contribution is 2.50. The van der Waals surface area contributed by atoms with E-state index in [1.54, 1.807) is 0 Å². The molecule has 11 aromatic rings. The molecule has 0 aliphatic rings. The summed E-state index contributed by atoms with van der Waals surface area (Å²) >= 11 is 0. The van der Waals surface area contributed by atoms with Crippen molar-refractivity contribution in [1.29, 1.82) is 0 Å². The van der Waals surface area contributed by atoms with Gasteiger partial charge in [-0.05, 0) is 89.3 Å². The fraction of sp³-hybridized carbons (Fsp3) is 0. The van der Waals surface area contributed by atoms with E-state index < -0.39 is 0 Å². The van der Waals surface area contributed by atoms with Gasteiger partial charge in [0.2, 0.25) is 0 Å². The second-order valence-corrected chi connectivity index (χ2v) is 14.1. The van der Waals surface area contributed by atoms with Crippen LogP contribution in [0.5, 0.6) is 0 Å². The molecule has 9 aromatic carbocycles. The predicted octanol–water partition coefficient (Wildman–Crippen LogP) is 15.2. The number of hydrogen-bond donors (Lipinski definition) is 0. The molecule has 2 aromatic heterocycles. The third-order valence-electron chi connectivity index (χ3n) is 10.8. The van der Waals surface area contributed by atoms with Crippen molar-refractivity contribution in [3.8, 4) is 11.1 Å². The van der Waals surface area contributed by atoms with Gasteiger partial charge >= 0.3 is 0 Å². The molecule has 4 heteroatoms. The topological polar surface area (TPSA) is 32.8 Å². The highest BCUT2D eigenvalue weighted by Gasteiger charge is 2.26. The smallest absolute Gasteiger partial charge is 0.159 e. The molecule has 4 nitrogen and oxygen atoms in total. The Labute approximate surface area is 323 Å². The van der Waals surface area contributed by atoms with Crippen molar-refractivity contribution in [1.82, 2.24) is 0 Å². The molecular weight excluding hydrogens is 685 g/mol. The van der Waals surface area contributed by atoms with Crippen LogP contribution in [0.3, 0.4) is 0 Å². The Morgan fingerprint density at radius 3 is 1.73 bits per heavy atom. The van der Waals surface area contributed by atoms with Crippen molar-refractivity contribution < 1.29 is 8.83 Å². The van der Waals surface area contributed by atoms with Gasteiger partial charge in [-0.1, -0.05) is 133 Å². The lowest BCUT2D eigenvalue weighted by Crippen LogP contribution is -2.14. The van der Waals surface area contributed by atoms with Gasteiger partial charge in [0.25, 0.3) is 0 Å². The molecule has 0 saturated carbocycles. The molecule has 0 atom stereocenters.